The summed E-state index contributed by atoms with van der Waals surface area (Å²) in [6, 6.07) is 10.8. The molecular formula is C19H19FN4O2. The molecule has 0 N–H and O–H groups in total. The lowest BCUT2D eigenvalue weighted by Crippen LogP contribution is -2.20. The number of nitrogens with zero attached hydrogens (tertiary/aromatic N) is 4. The van der Waals surface area contributed by atoms with Crippen LogP contribution in [0, 0.1) is 5.82 Å². The van der Waals surface area contributed by atoms with Crippen molar-refractivity contribution in [2.24, 2.45) is 0 Å². The molecule has 0 bridgehead atoms. The van der Waals surface area contributed by atoms with Gasteiger partial charge in [0, 0.05) is 32.3 Å². The fourth-order valence-electron chi connectivity index (χ4n) is 3.29. The lowest BCUT2D eigenvalue weighted by molar-refractivity contribution is 0.174. The normalized spacial score (nSPS) is 17.0. The van der Waals surface area contributed by atoms with Crippen molar-refractivity contribution >= 4 is 5.82 Å². The van der Waals surface area contributed by atoms with Gasteiger partial charge >= 0.3 is 0 Å². The molecule has 26 heavy (non-hydrogen) atoms. The second-order valence-corrected chi connectivity index (χ2v) is 6.31. The molecule has 1 unspecified atom stereocenters. The summed E-state index contributed by atoms with van der Waals surface area (Å²) in [7, 11) is 1.58. The van der Waals surface area contributed by atoms with E-state index in [0.717, 1.165) is 36.5 Å². The smallest absolute Gasteiger partial charge is 0.259 e. The first kappa shape index (κ1) is 16.7. The quantitative estimate of drug-likeness (QED) is 0.700. The Labute approximate surface area is 150 Å². The van der Waals surface area contributed by atoms with Crippen LogP contribution in [0.2, 0.25) is 0 Å². The monoisotopic (exact) mass is 354 g/mol. The van der Waals surface area contributed by atoms with Crippen molar-refractivity contribution in [2.75, 3.05) is 25.1 Å². The van der Waals surface area contributed by atoms with Crippen molar-refractivity contribution in [3.63, 3.8) is 0 Å². The molecule has 1 fully saturated rings. The van der Waals surface area contributed by atoms with Gasteiger partial charge in [0.2, 0.25) is 0 Å². The van der Waals surface area contributed by atoms with Crippen molar-refractivity contribution in [3.8, 4) is 11.5 Å². The van der Waals surface area contributed by atoms with Gasteiger partial charge in [-0.05, 0) is 30.2 Å². The molecule has 3 aromatic rings. The van der Waals surface area contributed by atoms with Gasteiger partial charge in [-0.3, -0.25) is 0 Å². The van der Waals surface area contributed by atoms with Crippen molar-refractivity contribution in [1.29, 1.82) is 0 Å². The highest BCUT2D eigenvalue weighted by Gasteiger charge is 2.26. The van der Waals surface area contributed by atoms with Crippen molar-refractivity contribution < 1.29 is 13.7 Å². The number of benzene rings is 1. The van der Waals surface area contributed by atoms with Crippen LogP contribution in [-0.4, -0.2) is 35.3 Å². The van der Waals surface area contributed by atoms with Gasteiger partial charge < -0.3 is 14.2 Å². The van der Waals surface area contributed by atoms with E-state index in [1.165, 1.54) is 6.07 Å². The zero-order valence-corrected chi connectivity index (χ0v) is 14.4. The first-order valence-corrected chi connectivity index (χ1v) is 8.52. The zero-order valence-electron chi connectivity index (χ0n) is 14.4. The highest BCUT2D eigenvalue weighted by atomic mass is 19.1. The molecule has 6 nitrogen and oxygen atoms in total. The zero-order chi connectivity index (χ0) is 17.9. The Kier molecular flexibility index (Phi) is 4.62. The molecule has 3 heterocycles. The van der Waals surface area contributed by atoms with E-state index in [1.54, 1.807) is 19.4 Å². The van der Waals surface area contributed by atoms with Crippen LogP contribution in [-0.2, 0) is 11.3 Å². The minimum Gasteiger partial charge on any atom is -0.377 e. The maximum absolute atomic E-state index is 14.0. The van der Waals surface area contributed by atoms with Crippen molar-refractivity contribution in [3.05, 3.63) is 59.8 Å². The number of hydrogen-bond donors (Lipinski definition) is 0. The predicted octanol–water partition coefficient (Wildman–Crippen LogP) is 3.41. The maximum Gasteiger partial charge on any atom is 0.259 e. The molecule has 0 saturated carbocycles. The van der Waals surface area contributed by atoms with Gasteiger partial charge in [-0.15, -0.1) is 0 Å². The first-order valence-electron chi connectivity index (χ1n) is 8.52. The molecule has 0 aliphatic carbocycles. The molecule has 7 heteroatoms. The minimum absolute atomic E-state index is 0.133. The van der Waals surface area contributed by atoms with Gasteiger partial charge in [0.05, 0.1) is 5.56 Å². The number of anilines is 1. The number of halogens is 1. The fraction of sp³-hybridized carbons (Fsp3) is 0.316. The number of hydrogen-bond acceptors (Lipinski definition) is 6. The van der Waals surface area contributed by atoms with Crippen LogP contribution in [0.15, 0.2) is 47.1 Å². The second kappa shape index (κ2) is 7.21. The number of rotatable bonds is 5. The van der Waals surface area contributed by atoms with E-state index in [0.29, 0.717) is 18.3 Å². The topological polar surface area (TPSA) is 64.3 Å². The predicted molar refractivity (Wildman–Crippen MR) is 94.2 cm³/mol. The number of pyridine rings is 1. The number of methoxy groups -OCH3 is 1. The molecule has 0 radical (unpaired) electrons. The van der Waals surface area contributed by atoms with Gasteiger partial charge in [-0.25, -0.2) is 9.37 Å². The van der Waals surface area contributed by atoms with E-state index in [1.807, 2.05) is 24.3 Å². The van der Waals surface area contributed by atoms with E-state index in [4.69, 9.17) is 9.26 Å². The first-order chi connectivity index (χ1) is 12.7. The van der Waals surface area contributed by atoms with E-state index in [9.17, 15) is 4.39 Å². The fourth-order valence-corrected chi connectivity index (χ4v) is 3.29. The molecule has 1 aliphatic rings. The Hall–Kier alpha value is -2.80. The third-order valence-corrected chi connectivity index (χ3v) is 4.59. The van der Waals surface area contributed by atoms with E-state index >= 15 is 0 Å². The van der Waals surface area contributed by atoms with Crippen LogP contribution in [0.25, 0.3) is 11.5 Å². The minimum atomic E-state index is -0.133. The van der Waals surface area contributed by atoms with E-state index in [2.05, 4.69) is 20.0 Å². The highest BCUT2D eigenvalue weighted by molar-refractivity contribution is 5.55. The van der Waals surface area contributed by atoms with Crippen LogP contribution >= 0.6 is 0 Å². The Bertz CT molecular complexity index is 881. The third-order valence-electron chi connectivity index (χ3n) is 4.59. The molecule has 2 aromatic heterocycles. The summed E-state index contributed by atoms with van der Waals surface area (Å²) in [4.78, 5) is 10.9. The molecule has 0 amide bonds. The molecule has 4 rings (SSSR count). The molecule has 1 aliphatic heterocycles. The Morgan fingerprint density at radius 2 is 2.15 bits per heavy atom. The molecular weight excluding hydrogens is 335 g/mol. The molecule has 1 aromatic carbocycles. The summed E-state index contributed by atoms with van der Waals surface area (Å²) in [5, 5.41) is 3.85. The van der Waals surface area contributed by atoms with Crippen LogP contribution in [0.4, 0.5) is 10.2 Å². The molecule has 134 valence electrons. The van der Waals surface area contributed by atoms with Gasteiger partial charge in [-0.1, -0.05) is 23.4 Å². The van der Waals surface area contributed by atoms with Crippen LogP contribution < -0.4 is 4.90 Å². The van der Waals surface area contributed by atoms with Crippen LogP contribution in [0.3, 0.4) is 0 Å². The standard InChI is InChI=1S/C19H19FN4O2/c1-25-12-17-22-19(26-23-17)13-6-7-18(21-10-13)24-9-8-14(11-24)15-4-2-3-5-16(15)20/h2-7,10,14H,8-9,11-12H2,1H3. The Morgan fingerprint density at radius 3 is 2.92 bits per heavy atom. The SMILES string of the molecule is COCc1noc(-c2ccc(N3CCC(c4ccccc4F)C3)nc2)n1. The summed E-state index contributed by atoms with van der Waals surface area (Å²) in [5.74, 6) is 1.83. The molecule has 1 atom stereocenters. The van der Waals surface area contributed by atoms with Crippen molar-refractivity contribution in [1.82, 2.24) is 15.1 Å². The van der Waals surface area contributed by atoms with Crippen molar-refractivity contribution in [2.45, 2.75) is 18.9 Å². The summed E-state index contributed by atoms with van der Waals surface area (Å²) in [6.45, 7) is 1.91. The number of ether oxygens (including phenoxy) is 1. The third kappa shape index (κ3) is 3.30. The summed E-state index contributed by atoms with van der Waals surface area (Å²) in [6.07, 6.45) is 2.63. The summed E-state index contributed by atoms with van der Waals surface area (Å²) >= 11 is 0. The average molecular weight is 354 g/mol. The average Bonchev–Trinajstić information content (AvgIpc) is 3.32. The maximum atomic E-state index is 14.0. The lowest BCUT2D eigenvalue weighted by Gasteiger charge is -2.18. The largest absolute Gasteiger partial charge is 0.377 e. The molecule has 0 spiro atoms. The Balaban J connectivity index is 1.46. The van der Waals surface area contributed by atoms with Gasteiger partial charge in [0.15, 0.2) is 5.82 Å². The summed E-state index contributed by atoms with van der Waals surface area (Å²) in [5.41, 5.74) is 1.54. The van der Waals surface area contributed by atoms with Crippen LogP contribution in [0.5, 0.6) is 0 Å². The van der Waals surface area contributed by atoms with Crippen LogP contribution in [0.1, 0.15) is 23.7 Å². The lowest BCUT2D eigenvalue weighted by atomic mass is 9.98. The van der Waals surface area contributed by atoms with E-state index < -0.39 is 0 Å². The van der Waals surface area contributed by atoms with Gasteiger partial charge in [0.25, 0.3) is 5.89 Å². The highest BCUT2D eigenvalue weighted by Crippen LogP contribution is 2.31. The van der Waals surface area contributed by atoms with Gasteiger partial charge in [0.1, 0.15) is 18.2 Å². The van der Waals surface area contributed by atoms with E-state index in [-0.39, 0.29) is 11.7 Å². The Morgan fingerprint density at radius 1 is 1.27 bits per heavy atom. The summed E-state index contributed by atoms with van der Waals surface area (Å²) < 4.78 is 24.2. The van der Waals surface area contributed by atoms with Gasteiger partial charge in [-0.2, -0.15) is 4.98 Å². The second-order valence-electron chi connectivity index (χ2n) is 6.31. The number of aromatic nitrogens is 3. The molecule has 1 saturated heterocycles.